The number of urea groups is 1. The van der Waals surface area contributed by atoms with Gasteiger partial charge in [-0.1, -0.05) is 18.2 Å². The minimum Gasteiger partial charge on any atom is -0.319 e. The largest absolute Gasteiger partial charge is 0.325 e. The number of hydrogen-bond donors (Lipinski definition) is 1. The number of rotatable bonds is 3. The minimum absolute atomic E-state index is 0.0171. The van der Waals surface area contributed by atoms with Crippen LogP contribution in [-0.2, 0) is 16.9 Å². The van der Waals surface area contributed by atoms with Gasteiger partial charge in [-0.15, -0.1) is 11.3 Å². The Hall–Kier alpha value is -2.87. The van der Waals surface area contributed by atoms with Gasteiger partial charge in [0, 0.05) is 0 Å². The molecule has 1 aliphatic heterocycles. The van der Waals surface area contributed by atoms with Gasteiger partial charge in [0.25, 0.3) is 5.91 Å². The van der Waals surface area contributed by atoms with Crippen LogP contribution in [0, 0.1) is 11.6 Å². The molecule has 0 spiro atoms. The number of halogens is 2. The van der Waals surface area contributed by atoms with E-state index in [0.717, 1.165) is 27.2 Å². The van der Waals surface area contributed by atoms with Crippen LogP contribution in [0.25, 0.3) is 10.2 Å². The van der Waals surface area contributed by atoms with Gasteiger partial charge in [0.1, 0.15) is 10.5 Å². The molecule has 3 aromatic rings. The molecule has 5 nitrogen and oxygen atoms in total. The van der Waals surface area contributed by atoms with E-state index < -0.39 is 29.1 Å². The Kier molecular flexibility index (Phi) is 3.73. The van der Waals surface area contributed by atoms with Gasteiger partial charge in [0.05, 0.1) is 16.8 Å². The van der Waals surface area contributed by atoms with Crippen molar-refractivity contribution in [2.24, 2.45) is 0 Å². The van der Waals surface area contributed by atoms with Gasteiger partial charge >= 0.3 is 6.03 Å². The maximum atomic E-state index is 13.6. The molecule has 2 heterocycles. The quantitative estimate of drug-likeness (QED) is 0.715. The molecule has 3 amide bonds. The van der Waals surface area contributed by atoms with Crippen molar-refractivity contribution in [2.75, 3.05) is 0 Å². The van der Waals surface area contributed by atoms with Crippen molar-refractivity contribution in [3.63, 3.8) is 0 Å². The van der Waals surface area contributed by atoms with Crippen molar-refractivity contribution < 1.29 is 18.4 Å². The Morgan fingerprint density at radius 2 is 1.92 bits per heavy atom. The van der Waals surface area contributed by atoms with Crippen molar-refractivity contribution in [3.8, 4) is 0 Å². The van der Waals surface area contributed by atoms with Crippen LogP contribution >= 0.6 is 11.3 Å². The molecule has 1 N–H and O–H groups in total. The van der Waals surface area contributed by atoms with Crippen LogP contribution in [-0.4, -0.2) is 21.8 Å². The average molecular weight is 373 g/mol. The summed E-state index contributed by atoms with van der Waals surface area (Å²) in [5.41, 5.74) is -0.480. The average Bonchev–Trinajstić information content (AvgIpc) is 3.12. The van der Waals surface area contributed by atoms with Crippen LogP contribution in [0.4, 0.5) is 13.6 Å². The monoisotopic (exact) mass is 373 g/mol. The van der Waals surface area contributed by atoms with Gasteiger partial charge < -0.3 is 5.32 Å². The Labute approximate surface area is 151 Å². The fraction of sp³-hybridized carbons (Fsp3) is 0.167. The standard InChI is InChI=1S/C18H13F2N3O2S/c1-18(10-6-7-11(19)12(20)8-10)16(24)23(17(25)22-18)9-15-21-13-4-2-3-5-14(13)26-15/h2-8H,9H2,1H3,(H,22,25). The molecule has 26 heavy (non-hydrogen) atoms. The highest BCUT2D eigenvalue weighted by molar-refractivity contribution is 7.18. The number of para-hydroxylation sites is 1. The third-order valence-corrected chi connectivity index (χ3v) is 5.42. The second-order valence-corrected chi connectivity index (χ2v) is 7.27. The zero-order valence-electron chi connectivity index (χ0n) is 13.6. The molecule has 0 radical (unpaired) electrons. The van der Waals surface area contributed by atoms with Gasteiger partial charge in [-0.3, -0.25) is 9.69 Å². The fourth-order valence-electron chi connectivity index (χ4n) is 2.97. The van der Waals surface area contributed by atoms with Crippen LogP contribution in [0.2, 0.25) is 0 Å². The van der Waals surface area contributed by atoms with E-state index in [2.05, 4.69) is 10.3 Å². The maximum absolute atomic E-state index is 13.6. The highest BCUT2D eigenvalue weighted by Crippen LogP contribution is 2.31. The van der Waals surface area contributed by atoms with Crippen LogP contribution in [0.3, 0.4) is 0 Å². The second-order valence-electron chi connectivity index (χ2n) is 6.15. The van der Waals surface area contributed by atoms with Gasteiger partial charge in [0.15, 0.2) is 11.6 Å². The number of amides is 3. The number of aromatic nitrogens is 1. The first-order valence-electron chi connectivity index (χ1n) is 7.82. The molecule has 4 rings (SSSR count). The van der Waals surface area contributed by atoms with Crippen LogP contribution < -0.4 is 5.32 Å². The predicted octanol–water partition coefficient (Wildman–Crippen LogP) is 3.54. The van der Waals surface area contributed by atoms with Crippen molar-refractivity contribution in [3.05, 3.63) is 64.7 Å². The summed E-state index contributed by atoms with van der Waals surface area (Å²) >= 11 is 1.39. The molecule has 1 unspecified atom stereocenters. The zero-order chi connectivity index (χ0) is 18.5. The zero-order valence-corrected chi connectivity index (χ0v) is 14.4. The molecular weight excluding hydrogens is 360 g/mol. The Balaban J connectivity index is 1.65. The SMILES string of the molecule is CC1(c2ccc(F)c(F)c2)NC(=O)N(Cc2nc3ccccc3s2)C1=O. The van der Waals surface area contributed by atoms with Crippen molar-refractivity contribution in [2.45, 2.75) is 19.0 Å². The third-order valence-electron chi connectivity index (χ3n) is 4.40. The molecule has 2 aromatic carbocycles. The van der Waals surface area contributed by atoms with Gasteiger partial charge in [-0.05, 0) is 36.8 Å². The number of nitrogens with zero attached hydrogens (tertiary/aromatic N) is 2. The van der Waals surface area contributed by atoms with E-state index in [1.807, 2.05) is 24.3 Å². The van der Waals surface area contributed by atoms with E-state index in [0.29, 0.717) is 5.01 Å². The predicted molar refractivity (Wildman–Crippen MR) is 92.4 cm³/mol. The summed E-state index contributed by atoms with van der Waals surface area (Å²) in [5, 5.41) is 3.19. The van der Waals surface area contributed by atoms with E-state index in [-0.39, 0.29) is 12.1 Å². The first-order chi connectivity index (χ1) is 12.4. The molecule has 0 saturated carbocycles. The van der Waals surface area contributed by atoms with Crippen LogP contribution in [0.1, 0.15) is 17.5 Å². The van der Waals surface area contributed by atoms with E-state index in [1.54, 1.807) is 0 Å². The fourth-order valence-corrected chi connectivity index (χ4v) is 3.92. The number of thiazole rings is 1. The Bertz CT molecular complexity index is 1020. The Morgan fingerprint density at radius 1 is 1.15 bits per heavy atom. The lowest BCUT2D eigenvalue weighted by Crippen LogP contribution is -2.41. The Morgan fingerprint density at radius 3 is 2.65 bits per heavy atom. The first-order valence-corrected chi connectivity index (χ1v) is 8.64. The van der Waals surface area contributed by atoms with Crippen LogP contribution in [0.15, 0.2) is 42.5 Å². The maximum Gasteiger partial charge on any atom is 0.325 e. The smallest absolute Gasteiger partial charge is 0.319 e. The van der Waals surface area contributed by atoms with E-state index >= 15 is 0 Å². The van der Waals surface area contributed by atoms with E-state index in [9.17, 15) is 18.4 Å². The number of imide groups is 1. The highest BCUT2D eigenvalue weighted by Gasteiger charge is 2.49. The van der Waals surface area contributed by atoms with Crippen LogP contribution in [0.5, 0.6) is 0 Å². The molecule has 1 aromatic heterocycles. The summed E-state index contributed by atoms with van der Waals surface area (Å²) in [6.07, 6.45) is 0. The number of nitrogens with one attached hydrogen (secondary N) is 1. The topological polar surface area (TPSA) is 62.3 Å². The van der Waals surface area contributed by atoms with Gasteiger partial charge in [-0.25, -0.2) is 18.6 Å². The molecule has 0 bridgehead atoms. The summed E-state index contributed by atoms with van der Waals surface area (Å²) in [4.78, 5) is 30.7. The summed E-state index contributed by atoms with van der Waals surface area (Å²) in [6.45, 7) is 1.49. The van der Waals surface area contributed by atoms with Crippen molar-refractivity contribution in [1.29, 1.82) is 0 Å². The van der Waals surface area contributed by atoms with Gasteiger partial charge in [0.2, 0.25) is 0 Å². The summed E-state index contributed by atoms with van der Waals surface area (Å²) in [7, 11) is 0. The highest BCUT2D eigenvalue weighted by atomic mass is 32.1. The minimum atomic E-state index is -1.46. The molecule has 1 saturated heterocycles. The molecule has 0 aliphatic carbocycles. The molecule has 1 atom stereocenters. The number of carbonyl (C=O) groups is 2. The number of carbonyl (C=O) groups excluding carboxylic acids is 2. The lowest BCUT2D eigenvalue weighted by atomic mass is 9.92. The number of benzene rings is 2. The number of fused-ring (bicyclic) bond motifs is 1. The summed E-state index contributed by atoms with van der Waals surface area (Å²) < 4.78 is 27.7. The van der Waals surface area contributed by atoms with Crippen molar-refractivity contribution >= 4 is 33.5 Å². The summed E-state index contributed by atoms with van der Waals surface area (Å²) in [6, 6.07) is 10.1. The summed E-state index contributed by atoms with van der Waals surface area (Å²) in [5.74, 6) is -2.62. The third kappa shape index (κ3) is 2.53. The molecular formula is C18H13F2N3O2S. The normalized spacial score (nSPS) is 20.0. The van der Waals surface area contributed by atoms with Crippen molar-refractivity contribution in [1.82, 2.24) is 15.2 Å². The molecule has 1 aliphatic rings. The molecule has 1 fully saturated rings. The lowest BCUT2D eigenvalue weighted by molar-refractivity contribution is -0.131. The number of hydrogen-bond acceptors (Lipinski definition) is 4. The second kappa shape index (κ2) is 5.84. The first kappa shape index (κ1) is 16.6. The van der Waals surface area contributed by atoms with E-state index in [4.69, 9.17) is 0 Å². The molecule has 8 heteroatoms. The molecule has 132 valence electrons. The van der Waals surface area contributed by atoms with Gasteiger partial charge in [-0.2, -0.15) is 0 Å². The van der Waals surface area contributed by atoms with E-state index in [1.165, 1.54) is 24.3 Å². The lowest BCUT2D eigenvalue weighted by Gasteiger charge is -2.22.